The molecule has 0 bridgehead atoms. The first-order valence-corrected chi connectivity index (χ1v) is 9.49. The van der Waals surface area contributed by atoms with Crippen molar-refractivity contribution in [2.75, 3.05) is 27.2 Å². The predicted octanol–water partition coefficient (Wildman–Crippen LogP) is 3.23. The number of carbonyl (C=O) groups excluding carboxylic acids is 1. The summed E-state index contributed by atoms with van der Waals surface area (Å²) in [5.74, 6) is 2.53. The van der Waals surface area contributed by atoms with E-state index in [4.69, 9.17) is 14.1 Å². The molecule has 1 atom stereocenters. The van der Waals surface area contributed by atoms with Crippen molar-refractivity contribution in [3.8, 4) is 17.2 Å². The second-order valence-corrected chi connectivity index (χ2v) is 7.28. The molecule has 0 spiro atoms. The predicted molar refractivity (Wildman–Crippen MR) is 105 cm³/mol. The van der Waals surface area contributed by atoms with Gasteiger partial charge < -0.3 is 14.5 Å². The molecule has 1 aliphatic heterocycles. The summed E-state index contributed by atoms with van der Waals surface area (Å²) in [7, 11) is 3.38. The highest BCUT2D eigenvalue weighted by Crippen LogP contribution is 2.32. The number of nitrogens with zero attached hydrogens (tertiary/aromatic N) is 2. The van der Waals surface area contributed by atoms with E-state index in [0.29, 0.717) is 12.4 Å². The van der Waals surface area contributed by atoms with Crippen LogP contribution in [0, 0.1) is 26.7 Å². The average molecular weight is 371 g/mol. The van der Waals surface area contributed by atoms with Crippen LogP contribution in [-0.2, 0) is 11.3 Å². The molecule has 146 valence electrons. The second kappa shape index (κ2) is 8.13. The molecule has 6 heteroatoms. The van der Waals surface area contributed by atoms with E-state index in [1.807, 2.05) is 26.0 Å². The van der Waals surface area contributed by atoms with Crippen molar-refractivity contribution in [2.45, 2.75) is 40.2 Å². The molecule has 6 nitrogen and oxygen atoms in total. The number of hydrogen-bond acceptors (Lipinski definition) is 5. The summed E-state index contributed by atoms with van der Waals surface area (Å²) in [6.45, 7) is 8.51. The van der Waals surface area contributed by atoms with E-state index in [1.165, 1.54) is 0 Å². The monoisotopic (exact) mass is 371 g/mol. The number of ether oxygens (including phenoxy) is 1. The number of piperidine rings is 1. The van der Waals surface area contributed by atoms with Crippen LogP contribution in [0.15, 0.2) is 16.5 Å². The van der Waals surface area contributed by atoms with Crippen molar-refractivity contribution in [1.29, 1.82) is 0 Å². The SMILES string of the molecule is CNC(=O)[C@H]1CCCN(Cc2nc(-c3ccc(OC)c(C)c3C)oc2C)C1. The third kappa shape index (κ3) is 4.00. The van der Waals surface area contributed by atoms with Gasteiger partial charge in [0, 0.05) is 25.7 Å². The van der Waals surface area contributed by atoms with E-state index < -0.39 is 0 Å². The Hall–Kier alpha value is -2.34. The number of rotatable bonds is 5. The van der Waals surface area contributed by atoms with Gasteiger partial charge in [-0.1, -0.05) is 0 Å². The zero-order chi connectivity index (χ0) is 19.6. The van der Waals surface area contributed by atoms with Gasteiger partial charge in [-0.15, -0.1) is 0 Å². The van der Waals surface area contributed by atoms with Crippen LogP contribution in [0.3, 0.4) is 0 Å². The molecule has 2 aromatic rings. The number of likely N-dealkylation sites (tertiary alicyclic amines) is 1. The molecule has 0 aliphatic carbocycles. The normalized spacial score (nSPS) is 17.7. The molecular formula is C21H29N3O3. The van der Waals surface area contributed by atoms with Crippen molar-refractivity contribution in [3.05, 3.63) is 34.7 Å². The minimum Gasteiger partial charge on any atom is -0.496 e. The van der Waals surface area contributed by atoms with E-state index >= 15 is 0 Å². The zero-order valence-electron chi connectivity index (χ0n) is 16.9. The molecule has 1 saturated heterocycles. The highest BCUT2D eigenvalue weighted by atomic mass is 16.5. The lowest BCUT2D eigenvalue weighted by molar-refractivity contribution is -0.126. The average Bonchev–Trinajstić information content (AvgIpc) is 3.03. The van der Waals surface area contributed by atoms with E-state index in [2.05, 4.69) is 17.1 Å². The Bertz CT molecular complexity index is 828. The minimum atomic E-state index is 0.0573. The summed E-state index contributed by atoms with van der Waals surface area (Å²) >= 11 is 0. The van der Waals surface area contributed by atoms with Crippen molar-refractivity contribution in [2.24, 2.45) is 5.92 Å². The standard InChI is InChI=1S/C21H29N3O3/c1-13-14(2)19(26-5)9-8-17(13)21-23-18(15(3)27-21)12-24-10-6-7-16(11-24)20(25)22-4/h8-9,16H,6-7,10-12H2,1-5H3,(H,22,25)/t16-/m0/s1. The van der Waals surface area contributed by atoms with Crippen LogP contribution in [0.25, 0.3) is 11.5 Å². The van der Waals surface area contributed by atoms with Crippen LogP contribution in [0.5, 0.6) is 5.75 Å². The minimum absolute atomic E-state index is 0.0573. The molecule has 1 N–H and O–H groups in total. The van der Waals surface area contributed by atoms with Gasteiger partial charge in [0.2, 0.25) is 11.8 Å². The number of carbonyl (C=O) groups is 1. The second-order valence-electron chi connectivity index (χ2n) is 7.28. The fourth-order valence-electron chi connectivity index (χ4n) is 3.77. The van der Waals surface area contributed by atoms with Gasteiger partial charge in [0.05, 0.1) is 18.7 Å². The number of aryl methyl sites for hydroxylation is 1. The molecule has 1 aliphatic rings. The number of benzene rings is 1. The highest BCUT2D eigenvalue weighted by molar-refractivity contribution is 5.78. The number of amides is 1. The first-order valence-electron chi connectivity index (χ1n) is 9.49. The molecule has 0 saturated carbocycles. The molecule has 1 aromatic carbocycles. The summed E-state index contributed by atoms with van der Waals surface area (Å²) in [5.41, 5.74) is 4.14. The maximum atomic E-state index is 12.0. The number of oxazole rings is 1. The molecule has 2 heterocycles. The fraction of sp³-hybridized carbons (Fsp3) is 0.524. The lowest BCUT2D eigenvalue weighted by Crippen LogP contribution is -2.41. The van der Waals surface area contributed by atoms with Crippen LogP contribution < -0.4 is 10.1 Å². The quantitative estimate of drug-likeness (QED) is 0.874. The highest BCUT2D eigenvalue weighted by Gasteiger charge is 2.26. The Labute approximate surface area is 160 Å². The first kappa shape index (κ1) is 19.4. The fourth-order valence-corrected chi connectivity index (χ4v) is 3.77. The van der Waals surface area contributed by atoms with Crippen LogP contribution >= 0.6 is 0 Å². The van der Waals surface area contributed by atoms with Crippen molar-refractivity contribution in [1.82, 2.24) is 15.2 Å². The molecule has 0 unspecified atom stereocenters. The molecule has 1 fully saturated rings. The van der Waals surface area contributed by atoms with E-state index in [9.17, 15) is 4.79 Å². The number of methoxy groups -OCH3 is 1. The van der Waals surface area contributed by atoms with Crippen molar-refractivity contribution >= 4 is 5.91 Å². The maximum Gasteiger partial charge on any atom is 0.226 e. The summed E-state index contributed by atoms with van der Waals surface area (Å²) in [6.07, 6.45) is 1.97. The topological polar surface area (TPSA) is 67.6 Å². The van der Waals surface area contributed by atoms with Crippen molar-refractivity contribution in [3.63, 3.8) is 0 Å². The number of hydrogen-bond donors (Lipinski definition) is 1. The Morgan fingerprint density at radius 3 is 2.81 bits per heavy atom. The molecule has 1 amide bonds. The number of aromatic nitrogens is 1. The zero-order valence-corrected chi connectivity index (χ0v) is 16.9. The summed E-state index contributed by atoms with van der Waals surface area (Å²) in [4.78, 5) is 19.0. The molecule has 0 radical (unpaired) electrons. The van der Waals surface area contributed by atoms with Gasteiger partial charge in [-0.3, -0.25) is 9.69 Å². The maximum absolute atomic E-state index is 12.0. The number of nitrogens with one attached hydrogen (secondary N) is 1. The van der Waals surface area contributed by atoms with Gasteiger partial charge in [-0.25, -0.2) is 4.98 Å². The van der Waals surface area contributed by atoms with Gasteiger partial charge in [0.25, 0.3) is 0 Å². The largest absolute Gasteiger partial charge is 0.496 e. The van der Waals surface area contributed by atoms with Gasteiger partial charge >= 0.3 is 0 Å². The molecular weight excluding hydrogens is 342 g/mol. The smallest absolute Gasteiger partial charge is 0.226 e. The Balaban J connectivity index is 1.79. The van der Waals surface area contributed by atoms with Gasteiger partial charge in [-0.2, -0.15) is 0 Å². The van der Waals surface area contributed by atoms with Gasteiger partial charge in [-0.05, 0) is 63.4 Å². The lowest BCUT2D eigenvalue weighted by atomic mass is 9.97. The van der Waals surface area contributed by atoms with E-state index in [-0.39, 0.29) is 11.8 Å². The molecule has 3 rings (SSSR count). The van der Waals surface area contributed by atoms with Crippen LogP contribution in [-0.4, -0.2) is 43.0 Å². The summed E-state index contributed by atoms with van der Waals surface area (Å²) < 4.78 is 11.4. The lowest BCUT2D eigenvalue weighted by Gasteiger charge is -2.31. The third-order valence-electron chi connectivity index (χ3n) is 5.58. The summed E-state index contributed by atoms with van der Waals surface area (Å²) in [6, 6.07) is 3.95. The molecule has 27 heavy (non-hydrogen) atoms. The Kier molecular flexibility index (Phi) is 5.85. The Morgan fingerprint density at radius 2 is 2.11 bits per heavy atom. The molecule has 1 aromatic heterocycles. The van der Waals surface area contributed by atoms with E-state index in [1.54, 1.807) is 14.2 Å². The van der Waals surface area contributed by atoms with Crippen molar-refractivity contribution < 1.29 is 13.9 Å². The van der Waals surface area contributed by atoms with Gasteiger partial charge in [0.15, 0.2) is 0 Å². The summed E-state index contributed by atoms with van der Waals surface area (Å²) in [5, 5.41) is 2.77. The Morgan fingerprint density at radius 1 is 1.33 bits per heavy atom. The van der Waals surface area contributed by atoms with Crippen LogP contribution in [0.1, 0.15) is 35.4 Å². The van der Waals surface area contributed by atoms with Crippen LogP contribution in [0.4, 0.5) is 0 Å². The third-order valence-corrected chi connectivity index (χ3v) is 5.58. The first-order chi connectivity index (χ1) is 12.9. The van der Waals surface area contributed by atoms with Crippen LogP contribution in [0.2, 0.25) is 0 Å². The van der Waals surface area contributed by atoms with Gasteiger partial charge in [0.1, 0.15) is 11.5 Å². The van der Waals surface area contributed by atoms with E-state index in [0.717, 1.165) is 59.8 Å².